The smallest absolute Gasteiger partial charge is 0.206 e. The Morgan fingerprint density at radius 2 is 1.82 bits per heavy atom. The number of piperidine rings is 1. The fourth-order valence-electron chi connectivity index (χ4n) is 1.27. The van der Waals surface area contributed by atoms with E-state index in [0.29, 0.717) is 0 Å². The first-order chi connectivity index (χ1) is 5.00. The average Bonchev–Trinajstić information content (AvgIpc) is 1.86. The van der Waals surface area contributed by atoms with Gasteiger partial charge in [-0.05, 0) is 33.0 Å². The summed E-state index contributed by atoms with van der Waals surface area (Å²) in [5, 5.41) is -0.0979. The van der Waals surface area contributed by atoms with Crippen molar-refractivity contribution in [3.63, 3.8) is 0 Å². The van der Waals surface area contributed by atoms with E-state index in [4.69, 9.17) is 0 Å². The molecule has 0 radical (unpaired) electrons. The second kappa shape index (κ2) is 3.57. The molecule has 0 bridgehead atoms. The molecule has 66 valence electrons. The molecule has 5 heteroatoms. The average molecular weight is 289 g/mol. The van der Waals surface area contributed by atoms with Gasteiger partial charge in [-0.25, -0.2) is 8.42 Å². The molecule has 0 amide bonds. The predicted octanol–water partition coefficient (Wildman–Crippen LogP) is 0.845. The Labute approximate surface area is 79.7 Å². The summed E-state index contributed by atoms with van der Waals surface area (Å²) in [6, 6.07) is 0. The van der Waals surface area contributed by atoms with Crippen LogP contribution in [-0.2, 0) is 7.01 Å². The number of rotatable bonds is 1. The zero-order valence-electron chi connectivity index (χ0n) is 6.46. The Morgan fingerprint density at radius 1 is 1.36 bits per heavy atom. The summed E-state index contributed by atoms with van der Waals surface area (Å²) >= 11 is 1.56. The van der Waals surface area contributed by atoms with E-state index in [0.717, 1.165) is 25.9 Å². The van der Waals surface area contributed by atoms with Crippen LogP contribution in [0, 0.1) is 0 Å². The molecule has 0 unspecified atom stereocenters. The van der Waals surface area contributed by atoms with Gasteiger partial charge in [0.1, 0.15) is 0 Å². The van der Waals surface area contributed by atoms with E-state index in [1.165, 1.54) is 0 Å². The van der Waals surface area contributed by atoms with Crippen molar-refractivity contribution in [2.45, 2.75) is 18.1 Å². The summed E-state index contributed by atoms with van der Waals surface area (Å²) in [6.07, 6.45) is 1.59. The molecule has 1 aliphatic rings. The SMILES string of the molecule is CN1CCC(S(=O)(=O)I)CC1. The maximum Gasteiger partial charge on any atom is 0.206 e. The Hall–Kier alpha value is 0.640. The monoisotopic (exact) mass is 289 g/mol. The molecule has 0 N–H and O–H groups in total. The molecule has 11 heavy (non-hydrogen) atoms. The van der Waals surface area contributed by atoms with E-state index in [1.54, 1.807) is 21.2 Å². The van der Waals surface area contributed by atoms with Crippen molar-refractivity contribution in [3.8, 4) is 0 Å². The summed E-state index contributed by atoms with van der Waals surface area (Å²) in [6.45, 7) is 1.82. The number of halogens is 1. The van der Waals surface area contributed by atoms with Crippen LogP contribution in [0.2, 0.25) is 0 Å². The molecule has 1 saturated heterocycles. The lowest BCUT2D eigenvalue weighted by molar-refractivity contribution is 0.279. The van der Waals surface area contributed by atoms with E-state index < -0.39 is 7.01 Å². The van der Waals surface area contributed by atoms with Gasteiger partial charge in [0.2, 0.25) is 7.01 Å². The van der Waals surface area contributed by atoms with Gasteiger partial charge >= 0.3 is 0 Å². The molecule has 1 heterocycles. The molecule has 0 aromatic heterocycles. The van der Waals surface area contributed by atoms with Crippen LogP contribution >= 0.6 is 21.2 Å². The number of hydrogen-bond donors (Lipinski definition) is 0. The topological polar surface area (TPSA) is 37.4 Å². The standard InChI is InChI=1S/C6H12INO2S/c1-8-4-2-6(3-5-8)11(7,9)10/h6H,2-5H2,1H3. The first-order valence-corrected chi connectivity index (χ1v) is 7.71. The first-order valence-electron chi connectivity index (χ1n) is 3.62. The van der Waals surface area contributed by atoms with Crippen LogP contribution in [0.4, 0.5) is 0 Å². The normalized spacial score (nSPS) is 23.8. The highest BCUT2D eigenvalue weighted by Gasteiger charge is 2.26. The minimum absolute atomic E-state index is 0.0979. The van der Waals surface area contributed by atoms with E-state index in [2.05, 4.69) is 4.90 Å². The van der Waals surface area contributed by atoms with Crippen LogP contribution in [0.5, 0.6) is 0 Å². The maximum absolute atomic E-state index is 11.1. The van der Waals surface area contributed by atoms with E-state index in [1.807, 2.05) is 7.05 Å². The highest BCUT2D eigenvalue weighted by molar-refractivity contribution is 14.2. The van der Waals surface area contributed by atoms with Gasteiger partial charge in [-0.3, -0.25) is 0 Å². The molecule has 0 saturated carbocycles. The molecule has 0 aliphatic carbocycles. The largest absolute Gasteiger partial charge is 0.306 e. The van der Waals surface area contributed by atoms with Gasteiger partial charge in [0.25, 0.3) is 0 Å². The van der Waals surface area contributed by atoms with Crippen molar-refractivity contribution >= 4 is 28.2 Å². The Morgan fingerprint density at radius 3 is 2.18 bits per heavy atom. The zero-order chi connectivity index (χ0) is 8.48. The summed E-state index contributed by atoms with van der Waals surface area (Å²) in [5.41, 5.74) is 0. The second-order valence-corrected chi connectivity index (χ2v) is 8.28. The van der Waals surface area contributed by atoms with Crippen molar-refractivity contribution in [2.24, 2.45) is 0 Å². The van der Waals surface area contributed by atoms with Crippen molar-refractivity contribution in [1.82, 2.24) is 4.90 Å². The molecule has 1 rings (SSSR count). The molecule has 0 atom stereocenters. The third-order valence-electron chi connectivity index (χ3n) is 2.06. The first kappa shape index (κ1) is 9.73. The Balaban J connectivity index is 2.53. The van der Waals surface area contributed by atoms with Gasteiger partial charge in [0, 0.05) is 0 Å². The van der Waals surface area contributed by atoms with Gasteiger partial charge in [-0.2, -0.15) is 0 Å². The number of hydrogen-bond acceptors (Lipinski definition) is 3. The van der Waals surface area contributed by atoms with Crippen molar-refractivity contribution in [2.75, 3.05) is 20.1 Å². The van der Waals surface area contributed by atoms with Gasteiger partial charge < -0.3 is 4.90 Å². The third-order valence-corrected chi connectivity index (χ3v) is 5.49. The van der Waals surface area contributed by atoms with Crippen LogP contribution in [-0.4, -0.2) is 38.7 Å². The van der Waals surface area contributed by atoms with Crippen LogP contribution in [0.25, 0.3) is 0 Å². The van der Waals surface area contributed by atoms with E-state index in [9.17, 15) is 8.42 Å². The number of nitrogens with zero attached hydrogens (tertiary/aromatic N) is 1. The van der Waals surface area contributed by atoms with Gasteiger partial charge in [-0.15, -0.1) is 0 Å². The van der Waals surface area contributed by atoms with Crippen LogP contribution in [0.3, 0.4) is 0 Å². The lowest BCUT2D eigenvalue weighted by Crippen LogP contribution is -2.35. The van der Waals surface area contributed by atoms with Crippen molar-refractivity contribution in [1.29, 1.82) is 0 Å². The fraction of sp³-hybridized carbons (Fsp3) is 1.00. The number of likely N-dealkylation sites (tertiary alicyclic amines) is 1. The summed E-state index contributed by atoms with van der Waals surface area (Å²) in [7, 11) is -0.782. The highest BCUT2D eigenvalue weighted by Crippen LogP contribution is 2.21. The molecule has 1 aliphatic heterocycles. The molecule has 0 aromatic carbocycles. The van der Waals surface area contributed by atoms with Crippen molar-refractivity contribution in [3.05, 3.63) is 0 Å². The minimum atomic E-state index is -2.81. The summed E-state index contributed by atoms with van der Waals surface area (Å²) in [5.74, 6) is 0. The molecule has 0 spiro atoms. The lowest BCUT2D eigenvalue weighted by atomic mass is 10.1. The van der Waals surface area contributed by atoms with E-state index in [-0.39, 0.29) is 5.25 Å². The minimum Gasteiger partial charge on any atom is -0.306 e. The molecule has 0 aromatic rings. The fourth-order valence-corrected chi connectivity index (χ4v) is 3.57. The quantitative estimate of drug-likeness (QED) is 0.530. The molecular weight excluding hydrogens is 277 g/mol. The summed E-state index contributed by atoms with van der Waals surface area (Å²) < 4.78 is 22.1. The Bertz CT molecular complexity index is 219. The van der Waals surface area contributed by atoms with Crippen LogP contribution < -0.4 is 0 Å². The van der Waals surface area contributed by atoms with Gasteiger partial charge in [0.15, 0.2) is 0 Å². The summed E-state index contributed by atoms with van der Waals surface area (Å²) in [4.78, 5) is 2.16. The van der Waals surface area contributed by atoms with Gasteiger partial charge in [-0.1, -0.05) is 0 Å². The van der Waals surface area contributed by atoms with Crippen LogP contribution in [0.1, 0.15) is 12.8 Å². The van der Waals surface area contributed by atoms with Crippen molar-refractivity contribution < 1.29 is 8.42 Å². The zero-order valence-corrected chi connectivity index (χ0v) is 9.43. The maximum atomic E-state index is 11.1. The molecular formula is C6H12INO2S. The van der Waals surface area contributed by atoms with E-state index >= 15 is 0 Å². The predicted molar refractivity (Wildman–Crippen MR) is 53.5 cm³/mol. The second-order valence-electron chi connectivity index (χ2n) is 2.98. The van der Waals surface area contributed by atoms with Crippen LogP contribution in [0.15, 0.2) is 0 Å². The molecule has 3 nitrogen and oxygen atoms in total. The lowest BCUT2D eigenvalue weighted by Gasteiger charge is -2.26. The van der Waals surface area contributed by atoms with Gasteiger partial charge in [0.05, 0.1) is 26.5 Å². The third kappa shape index (κ3) is 2.87. The highest BCUT2D eigenvalue weighted by atomic mass is 127. The Kier molecular flexibility index (Phi) is 3.16. The molecule has 1 fully saturated rings.